The van der Waals surface area contributed by atoms with E-state index in [9.17, 15) is 4.79 Å². The number of anilines is 1. The van der Waals surface area contributed by atoms with E-state index in [1.54, 1.807) is 10.7 Å². The lowest BCUT2D eigenvalue weighted by Crippen LogP contribution is -2.04. The fourth-order valence-corrected chi connectivity index (χ4v) is 2.19. The highest BCUT2D eigenvalue weighted by Crippen LogP contribution is 2.24. The minimum absolute atomic E-state index is 0.174. The van der Waals surface area contributed by atoms with Gasteiger partial charge in [-0.3, -0.25) is 0 Å². The highest BCUT2D eigenvalue weighted by Gasteiger charge is 2.20. The highest BCUT2D eigenvalue weighted by molar-refractivity contribution is 9.10. The van der Waals surface area contributed by atoms with Gasteiger partial charge in [0.25, 0.3) is 0 Å². The third-order valence-corrected chi connectivity index (χ3v) is 2.73. The lowest BCUT2D eigenvalue weighted by atomic mass is 10.2. The summed E-state index contributed by atoms with van der Waals surface area (Å²) in [5, 5.41) is 4.07. The van der Waals surface area contributed by atoms with Gasteiger partial charge in [0.05, 0.1) is 12.6 Å². The number of carbonyl (C=O) groups is 1. The molecular weight excluding hydrogens is 274 g/mol. The summed E-state index contributed by atoms with van der Waals surface area (Å²) in [6, 6.07) is 1.89. The second kappa shape index (κ2) is 3.79. The number of aromatic nitrogens is 2. The van der Waals surface area contributed by atoms with Gasteiger partial charge in [-0.25, -0.2) is 9.31 Å². The number of aryl methyl sites for hydroxylation is 1. The summed E-state index contributed by atoms with van der Waals surface area (Å²) in [4.78, 5) is 11.6. The highest BCUT2D eigenvalue weighted by atomic mass is 79.9. The molecule has 0 aromatic carbocycles. The maximum Gasteiger partial charge on any atom is 0.343 e. The monoisotopic (exact) mass is 283 g/mol. The zero-order valence-corrected chi connectivity index (χ0v) is 10.4. The first-order valence-corrected chi connectivity index (χ1v) is 5.36. The van der Waals surface area contributed by atoms with Crippen LogP contribution < -0.4 is 5.73 Å². The van der Waals surface area contributed by atoms with Gasteiger partial charge in [0.1, 0.15) is 5.56 Å². The van der Waals surface area contributed by atoms with Crippen molar-refractivity contribution >= 4 is 33.2 Å². The van der Waals surface area contributed by atoms with Gasteiger partial charge >= 0.3 is 5.97 Å². The second-order valence-electron chi connectivity index (χ2n) is 3.39. The van der Waals surface area contributed by atoms with E-state index in [-0.39, 0.29) is 5.82 Å². The van der Waals surface area contributed by atoms with Crippen molar-refractivity contribution in [1.29, 1.82) is 0 Å². The van der Waals surface area contributed by atoms with E-state index in [4.69, 9.17) is 5.73 Å². The Morgan fingerprint density at radius 3 is 2.94 bits per heavy atom. The molecule has 84 valence electrons. The number of nitrogen functional groups attached to an aromatic ring is 1. The number of rotatable bonds is 1. The third kappa shape index (κ3) is 1.55. The Labute approximate surface area is 100 Å². The number of hydrogen-bond acceptors (Lipinski definition) is 4. The van der Waals surface area contributed by atoms with Gasteiger partial charge in [-0.1, -0.05) is 0 Å². The Bertz CT molecular complexity index is 577. The first kappa shape index (κ1) is 10.9. The molecule has 0 aliphatic carbocycles. The van der Waals surface area contributed by atoms with Gasteiger partial charge in [0.15, 0.2) is 5.82 Å². The molecule has 2 heterocycles. The van der Waals surface area contributed by atoms with Crippen molar-refractivity contribution in [2.45, 2.75) is 6.92 Å². The number of halogens is 1. The molecule has 0 radical (unpaired) electrons. The number of nitrogens with two attached hydrogens (primary N) is 1. The van der Waals surface area contributed by atoms with E-state index in [2.05, 4.69) is 25.8 Å². The van der Waals surface area contributed by atoms with Crippen LogP contribution in [0.1, 0.15) is 15.9 Å². The van der Waals surface area contributed by atoms with E-state index < -0.39 is 5.97 Å². The van der Waals surface area contributed by atoms with Crippen molar-refractivity contribution in [2.75, 3.05) is 12.8 Å². The van der Waals surface area contributed by atoms with Gasteiger partial charge in [-0.2, -0.15) is 0 Å². The average molecular weight is 284 g/mol. The summed E-state index contributed by atoms with van der Waals surface area (Å²) in [6.45, 7) is 1.88. The summed E-state index contributed by atoms with van der Waals surface area (Å²) >= 11 is 3.35. The lowest BCUT2D eigenvalue weighted by Gasteiger charge is -2.02. The minimum Gasteiger partial charge on any atom is -0.465 e. The van der Waals surface area contributed by atoms with Crippen LogP contribution in [0.5, 0.6) is 0 Å². The van der Waals surface area contributed by atoms with Crippen molar-refractivity contribution in [2.24, 2.45) is 0 Å². The maximum absolute atomic E-state index is 11.6. The van der Waals surface area contributed by atoms with Crippen LogP contribution in [-0.2, 0) is 4.74 Å². The molecule has 0 spiro atoms. The number of fused-ring (bicyclic) bond motifs is 1. The molecule has 0 saturated heterocycles. The van der Waals surface area contributed by atoms with Crippen LogP contribution in [0.2, 0.25) is 0 Å². The first-order chi connectivity index (χ1) is 7.54. The normalized spacial score (nSPS) is 10.7. The standard InChI is InChI=1S/C10H10BrN3O2/c1-5-3-6(11)4-14-8(5)7(9(12)13-14)10(15)16-2/h3-4H,1-2H3,(H2,12,13). The van der Waals surface area contributed by atoms with Crippen molar-refractivity contribution in [1.82, 2.24) is 9.61 Å². The SMILES string of the molecule is COC(=O)c1c(N)nn2cc(Br)cc(C)c12. The van der Waals surface area contributed by atoms with E-state index in [1.807, 2.05) is 13.0 Å². The molecule has 2 aromatic heterocycles. The molecule has 0 amide bonds. The van der Waals surface area contributed by atoms with Crippen LogP contribution in [-0.4, -0.2) is 22.7 Å². The quantitative estimate of drug-likeness (QED) is 0.810. The molecule has 0 unspecified atom stereocenters. The van der Waals surface area contributed by atoms with Gasteiger partial charge in [0.2, 0.25) is 0 Å². The van der Waals surface area contributed by atoms with Gasteiger partial charge in [0, 0.05) is 10.7 Å². The predicted octanol–water partition coefficient (Wildman–Crippen LogP) is 1.77. The number of hydrogen-bond donors (Lipinski definition) is 1. The zero-order valence-electron chi connectivity index (χ0n) is 8.82. The summed E-state index contributed by atoms with van der Waals surface area (Å²) in [6.07, 6.45) is 1.74. The van der Waals surface area contributed by atoms with E-state index in [1.165, 1.54) is 7.11 Å². The smallest absolute Gasteiger partial charge is 0.343 e. The van der Waals surface area contributed by atoms with Crippen LogP contribution in [0, 0.1) is 6.92 Å². The lowest BCUT2D eigenvalue weighted by molar-refractivity contribution is 0.0604. The largest absolute Gasteiger partial charge is 0.465 e. The van der Waals surface area contributed by atoms with E-state index in [0.29, 0.717) is 11.1 Å². The van der Waals surface area contributed by atoms with Gasteiger partial charge in [-0.15, -0.1) is 5.10 Å². The number of pyridine rings is 1. The van der Waals surface area contributed by atoms with Crippen LogP contribution >= 0.6 is 15.9 Å². The molecule has 0 fully saturated rings. The molecule has 16 heavy (non-hydrogen) atoms. The Hall–Kier alpha value is -1.56. The van der Waals surface area contributed by atoms with Crippen molar-refractivity contribution < 1.29 is 9.53 Å². The van der Waals surface area contributed by atoms with Crippen LogP contribution in [0.25, 0.3) is 5.52 Å². The van der Waals surface area contributed by atoms with Gasteiger partial charge in [-0.05, 0) is 34.5 Å². The molecule has 0 atom stereocenters. The Kier molecular flexibility index (Phi) is 2.59. The maximum atomic E-state index is 11.6. The summed E-state index contributed by atoms with van der Waals surface area (Å²) in [7, 11) is 1.32. The molecule has 5 nitrogen and oxygen atoms in total. The molecule has 0 saturated carbocycles. The Morgan fingerprint density at radius 1 is 1.62 bits per heavy atom. The van der Waals surface area contributed by atoms with E-state index >= 15 is 0 Å². The van der Waals surface area contributed by atoms with Gasteiger partial charge < -0.3 is 10.5 Å². The Balaban J connectivity index is 2.84. The Morgan fingerprint density at radius 2 is 2.31 bits per heavy atom. The second-order valence-corrected chi connectivity index (χ2v) is 4.30. The minimum atomic E-state index is -0.474. The molecular formula is C10H10BrN3O2. The fourth-order valence-electron chi connectivity index (χ4n) is 1.66. The van der Waals surface area contributed by atoms with Crippen LogP contribution in [0.3, 0.4) is 0 Å². The van der Waals surface area contributed by atoms with Crippen molar-refractivity contribution in [3.05, 3.63) is 27.9 Å². The predicted molar refractivity (Wildman–Crippen MR) is 63.4 cm³/mol. The van der Waals surface area contributed by atoms with Crippen LogP contribution in [0.15, 0.2) is 16.7 Å². The molecule has 6 heteroatoms. The number of esters is 1. The first-order valence-electron chi connectivity index (χ1n) is 4.57. The summed E-state index contributed by atoms with van der Waals surface area (Å²) in [5.41, 5.74) is 7.59. The molecule has 2 N–H and O–H groups in total. The van der Waals surface area contributed by atoms with Crippen molar-refractivity contribution in [3.63, 3.8) is 0 Å². The topological polar surface area (TPSA) is 69.6 Å². The number of carbonyl (C=O) groups excluding carboxylic acids is 1. The molecule has 0 aliphatic rings. The number of ether oxygens (including phenoxy) is 1. The number of nitrogens with zero attached hydrogens (tertiary/aromatic N) is 2. The molecule has 2 rings (SSSR count). The summed E-state index contributed by atoms with van der Waals surface area (Å²) in [5.74, 6) is -0.300. The molecule has 0 bridgehead atoms. The van der Waals surface area contributed by atoms with E-state index in [0.717, 1.165) is 10.0 Å². The van der Waals surface area contributed by atoms with Crippen molar-refractivity contribution in [3.8, 4) is 0 Å². The molecule has 2 aromatic rings. The zero-order chi connectivity index (χ0) is 11.9. The molecule has 0 aliphatic heterocycles. The fraction of sp³-hybridized carbons (Fsp3) is 0.200. The number of methoxy groups -OCH3 is 1. The van der Waals surface area contributed by atoms with Crippen LogP contribution in [0.4, 0.5) is 5.82 Å². The average Bonchev–Trinajstić information content (AvgIpc) is 2.53. The third-order valence-electron chi connectivity index (χ3n) is 2.30. The summed E-state index contributed by atoms with van der Waals surface area (Å²) < 4.78 is 7.13.